The number of furan rings is 1. The molecule has 0 spiro atoms. The highest BCUT2D eigenvalue weighted by Crippen LogP contribution is 2.47. The number of ether oxygens (including phenoxy) is 1. The summed E-state index contributed by atoms with van der Waals surface area (Å²) in [7, 11) is 0. The fourth-order valence-corrected chi connectivity index (χ4v) is 5.08. The molecule has 1 aliphatic heterocycles. The lowest BCUT2D eigenvalue weighted by Gasteiger charge is -2.22. The van der Waals surface area contributed by atoms with Crippen LogP contribution in [0, 0.1) is 6.92 Å². The third kappa shape index (κ3) is 3.38. The molecule has 0 saturated carbocycles. The molecular formula is C21H24N2O3S. The molecule has 1 aromatic heterocycles. The molecule has 142 valence electrons. The van der Waals surface area contributed by atoms with Gasteiger partial charge in [-0.05, 0) is 33.3 Å². The van der Waals surface area contributed by atoms with E-state index in [1.54, 1.807) is 0 Å². The third-order valence-corrected chi connectivity index (χ3v) is 6.38. The van der Waals surface area contributed by atoms with Gasteiger partial charge in [-0.2, -0.15) is 0 Å². The maximum atomic E-state index is 12.8. The van der Waals surface area contributed by atoms with Gasteiger partial charge in [0.25, 0.3) is 5.91 Å². The molecule has 1 N–H and O–H groups in total. The Morgan fingerprint density at radius 1 is 1.37 bits per heavy atom. The van der Waals surface area contributed by atoms with Crippen molar-refractivity contribution in [3.8, 4) is 5.75 Å². The van der Waals surface area contributed by atoms with Crippen LogP contribution in [-0.2, 0) is 13.0 Å². The number of para-hydroxylation sites is 1. The Morgan fingerprint density at radius 3 is 3.00 bits per heavy atom. The number of aryl methyl sites for hydroxylation is 1. The number of hydrogen-bond acceptors (Lipinski definition) is 5. The summed E-state index contributed by atoms with van der Waals surface area (Å²) in [4.78, 5) is 17.6. The molecule has 4 rings (SSSR count). The van der Waals surface area contributed by atoms with Crippen LogP contribution in [-0.4, -0.2) is 22.8 Å². The molecule has 2 heterocycles. The molecule has 2 aromatic rings. The molecule has 27 heavy (non-hydrogen) atoms. The molecule has 1 aromatic carbocycles. The second-order valence-electron chi connectivity index (χ2n) is 6.90. The molecular weight excluding hydrogens is 360 g/mol. The lowest BCUT2D eigenvalue weighted by Crippen LogP contribution is -2.23. The first-order valence-electron chi connectivity index (χ1n) is 9.40. The summed E-state index contributed by atoms with van der Waals surface area (Å²) in [6.07, 6.45) is 1.91. The number of fused-ring (bicyclic) bond motifs is 3. The van der Waals surface area contributed by atoms with Crippen molar-refractivity contribution in [2.24, 2.45) is 4.99 Å². The van der Waals surface area contributed by atoms with E-state index in [0.29, 0.717) is 24.2 Å². The van der Waals surface area contributed by atoms with E-state index in [9.17, 15) is 4.79 Å². The summed E-state index contributed by atoms with van der Waals surface area (Å²) in [5, 5.41) is 4.58. The van der Waals surface area contributed by atoms with E-state index >= 15 is 0 Å². The minimum atomic E-state index is -0.184. The number of benzene rings is 1. The number of aliphatic imine (C=N–C) groups is 1. The van der Waals surface area contributed by atoms with Crippen molar-refractivity contribution in [1.82, 2.24) is 5.32 Å². The number of thioether (sulfide) groups is 1. The van der Waals surface area contributed by atoms with Crippen LogP contribution in [0.3, 0.4) is 0 Å². The predicted molar refractivity (Wildman–Crippen MR) is 108 cm³/mol. The van der Waals surface area contributed by atoms with Gasteiger partial charge in [-0.1, -0.05) is 18.2 Å². The zero-order valence-corrected chi connectivity index (χ0v) is 16.7. The van der Waals surface area contributed by atoms with E-state index in [2.05, 4.69) is 12.2 Å². The van der Waals surface area contributed by atoms with Gasteiger partial charge in [-0.25, -0.2) is 0 Å². The predicted octanol–water partition coefficient (Wildman–Crippen LogP) is 4.44. The second kappa shape index (κ2) is 7.43. The minimum absolute atomic E-state index is 0.128. The lowest BCUT2D eigenvalue weighted by molar-refractivity contribution is 0.0920. The zero-order chi connectivity index (χ0) is 19.0. The van der Waals surface area contributed by atoms with Gasteiger partial charge in [0.1, 0.15) is 11.5 Å². The molecule has 0 unspecified atom stereocenters. The van der Waals surface area contributed by atoms with Gasteiger partial charge < -0.3 is 14.5 Å². The largest absolute Gasteiger partial charge is 0.494 e. The summed E-state index contributed by atoms with van der Waals surface area (Å²) in [6.45, 7) is 6.97. The Kier molecular flexibility index (Phi) is 5.00. The lowest BCUT2D eigenvalue weighted by atomic mass is 9.90. The number of rotatable bonds is 5. The fourth-order valence-electron chi connectivity index (χ4n) is 3.91. The van der Waals surface area contributed by atoms with Crippen LogP contribution in [0.5, 0.6) is 5.75 Å². The Hall–Kier alpha value is -2.21. The van der Waals surface area contributed by atoms with Crippen LogP contribution in [0.4, 0.5) is 0 Å². The van der Waals surface area contributed by atoms with E-state index in [1.165, 1.54) is 0 Å². The van der Waals surface area contributed by atoms with Crippen molar-refractivity contribution in [1.29, 1.82) is 0 Å². The Balaban J connectivity index is 1.53. The van der Waals surface area contributed by atoms with Crippen molar-refractivity contribution in [2.45, 2.75) is 51.4 Å². The van der Waals surface area contributed by atoms with E-state index in [-0.39, 0.29) is 11.9 Å². The van der Waals surface area contributed by atoms with Gasteiger partial charge in [-0.3, -0.25) is 9.79 Å². The average Bonchev–Trinajstić information content (AvgIpc) is 3.20. The number of nitrogens with one attached hydrogen (secondary N) is 1. The maximum absolute atomic E-state index is 12.8. The normalized spacial score (nSPS) is 20.6. The molecule has 0 bridgehead atoms. The van der Waals surface area contributed by atoms with Gasteiger partial charge in [-0.15, -0.1) is 11.8 Å². The topological polar surface area (TPSA) is 63.8 Å². The van der Waals surface area contributed by atoms with Crippen LogP contribution in [0.15, 0.2) is 33.7 Å². The highest BCUT2D eigenvalue weighted by Gasteiger charge is 2.39. The molecule has 5 nitrogen and oxygen atoms in total. The maximum Gasteiger partial charge on any atom is 0.287 e. The average molecular weight is 385 g/mol. The summed E-state index contributed by atoms with van der Waals surface area (Å²) in [6, 6.07) is 7.88. The molecule has 0 saturated heterocycles. The summed E-state index contributed by atoms with van der Waals surface area (Å²) < 4.78 is 11.6. The van der Waals surface area contributed by atoms with Crippen molar-refractivity contribution in [3.63, 3.8) is 0 Å². The fraction of sp³-hybridized carbons (Fsp3) is 0.429. The molecule has 6 heteroatoms. The Labute approximate surface area is 163 Å². The van der Waals surface area contributed by atoms with Crippen LogP contribution < -0.4 is 10.1 Å². The molecule has 1 aliphatic carbocycles. The quantitative estimate of drug-likeness (QED) is 0.828. The number of carbonyl (C=O) groups is 1. The molecule has 2 aliphatic rings. The van der Waals surface area contributed by atoms with Gasteiger partial charge in [0.05, 0.1) is 17.7 Å². The first kappa shape index (κ1) is 18.2. The van der Waals surface area contributed by atoms with Gasteiger partial charge >= 0.3 is 0 Å². The van der Waals surface area contributed by atoms with E-state index in [1.807, 2.05) is 49.9 Å². The van der Waals surface area contributed by atoms with E-state index < -0.39 is 0 Å². The van der Waals surface area contributed by atoms with Crippen molar-refractivity contribution in [3.05, 3.63) is 52.5 Å². The molecule has 0 radical (unpaired) electrons. The monoisotopic (exact) mass is 384 g/mol. The number of amides is 1. The molecule has 1 amide bonds. The SMILES string of the molecule is CCOc1ccccc1CNC(=O)c1oc2c(c1C)[C@H]1N=C(C)S[C@H]1CC2. The summed E-state index contributed by atoms with van der Waals surface area (Å²) in [5.41, 5.74) is 3.00. The molecule has 2 atom stereocenters. The Morgan fingerprint density at radius 2 is 2.19 bits per heavy atom. The first-order chi connectivity index (χ1) is 13.1. The van der Waals surface area contributed by atoms with E-state index in [4.69, 9.17) is 14.1 Å². The summed E-state index contributed by atoms with van der Waals surface area (Å²) >= 11 is 1.85. The van der Waals surface area contributed by atoms with E-state index in [0.717, 1.165) is 46.1 Å². The van der Waals surface area contributed by atoms with Crippen molar-refractivity contribution < 1.29 is 13.9 Å². The van der Waals surface area contributed by atoms with Gasteiger partial charge in [0, 0.05) is 34.9 Å². The summed E-state index contributed by atoms with van der Waals surface area (Å²) in [5.74, 6) is 1.95. The van der Waals surface area contributed by atoms with Gasteiger partial charge in [0.15, 0.2) is 5.76 Å². The van der Waals surface area contributed by atoms with Crippen molar-refractivity contribution in [2.75, 3.05) is 6.61 Å². The van der Waals surface area contributed by atoms with Crippen molar-refractivity contribution >= 4 is 22.7 Å². The first-order valence-corrected chi connectivity index (χ1v) is 10.3. The third-order valence-electron chi connectivity index (χ3n) is 5.14. The van der Waals surface area contributed by atoms with Crippen LogP contribution in [0.2, 0.25) is 0 Å². The number of nitrogens with zero attached hydrogens (tertiary/aromatic N) is 1. The zero-order valence-electron chi connectivity index (χ0n) is 15.9. The minimum Gasteiger partial charge on any atom is -0.494 e. The highest BCUT2D eigenvalue weighted by atomic mass is 32.2. The van der Waals surface area contributed by atoms with Gasteiger partial charge in [0.2, 0.25) is 0 Å². The Bertz CT molecular complexity index is 903. The van der Waals surface area contributed by atoms with Crippen LogP contribution in [0.25, 0.3) is 0 Å². The van der Waals surface area contributed by atoms with Crippen LogP contribution in [0.1, 0.15) is 59.3 Å². The standard InChI is InChI=1S/C21H24N2O3S/c1-4-25-15-8-6-5-7-14(15)11-22-21(24)20-12(2)18-16(26-20)9-10-17-19(18)23-13(3)27-17/h5-8,17,19H,4,9-11H2,1-3H3,(H,22,24)/t17-,19-/m0/s1. The van der Waals surface area contributed by atoms with Crippen LogP contribution >= 0.6 is 11.8 Å². The molecule has 0 fully saturated rings. The number of carbonyl (C=O) groups excluding carboxylic acids is 1. The smallest absolute Gasteiger partial charge is 0.287 e. The highest BCUT2D eigenvalue weighted by molar-refractivity contribution is 8.14. The number of hydrogen-bond donors (Lipinski definition) is 1. The second-order valence-corrected chi connectivity index (χ2v) is 8.34.